The number of nitriles is 1. The molecule has 0 aliphatic carbocycles. The summed E-state index contributed by atoms with van der Waals surface area (Å²) in [4.78, 5) is 7.04. The number of rotatable bonds is 2. The summed E-state index contributed by atoms with van der Waals surface area (Å²) in [5.41, 5.74) is 4.43. The molecule has 1 aromatic heterocycles. The maximum Gasteiger partial charge on any atom is 0.281 e. The molecule has 0 bridgehead atoms. The van der Waals surface area contributed by atoms with E-state index in [1.54, 1.807) is 6.07 Å². The summed E-state index contributed by atoms with van der Waals surface area (Å²) in [5.74, 6) is -0.837. The summed E-state index contributed by atoms with van der Waals surface area (Å²) in [6, 6.07) is 3.72. The minimum atomic E-state index is -2.91. The lowest BCUT2D eigenvalue weighted by molar-refractivity contribution is 0.146. The lowest BCUT2D eigenvalue weighted by Gasteiger charge is -2.09. The van der Waals surface area contributed by atoms with Gasteiger partial charge < -0.3 is 5.73 Å². The Morgan fingerprint density at radius 3 is 2.60 bits per heavy atom. The fourth-order valence-corrected chi connectivity index (χ4v) is 1.87. The lowest BCUT2D eigenvalue weighted by Crippen LogP contribution is -2.00. The summed E-state index contributed by atoms with van der Waals surface area (Å²) >= 11 is 5.76. The van der Waals surface area contributed by atoms with Crippen LogP contribution in [0.3, 0.4) is 0 Å². The molecule has 2 N–H and O–H groups in total. The summed E-state index contributed by atoms with van der Waals surface area (Å²) in [7, 11) is 0. The maximum absolute atomic E-state index is 13.9. The average Bonchev–Trinajstić information content (AvgIpc) is 2.41. The van der Waals surface area contributed by atoms with E-state index in [2.05, 4.69) is 9.97 Å². The summed E-state index contributed by atoms with van der Waals surface area (Å²) in [5, 5.41) is 8.28. The molecule has 0 radical (unpaired) electrons. The zero-order valence-corrected chi connectivity index (χ0v) is 10.5. The number of nitrogen functional groups attached to an aromatic ring is 1. The fourth-order valence-electron chi connectivity index (χ4n) is 1.59. The number of aromatic nitrogens is 2. The van der Waals surface area contributed by atoms with E-state index in [9.17, 15) is 13.2 Å². The Morgan fingerprint density at radius 1 is 1.30 bits per heavy atom. The summed E-state index contributed by atoms with van der Waals surface area (Å²) in [6.07, 6.45) is -2.06. The molecule has 0 saturated carbocycles. The van der Waals surface area contributed by atoms with Crippen molar-refractivity contribution < 1.29 is 13.2 Å². The largest absolute Gasteiger partial charge is 0.398 e. The molecular formula is C12H6ClF3N4. The second-order valence-electron chi connectivity index (χ2n) is 3.75. The number of hydrogen-bond acceptors (Lipinski definition) is 4. The Kier molecular flexibility index (Phi) is 3.77. The predicted molar refractivity (Wildman–Crippen MR) is 66.5 cm³/mol. The van der Waals surface area contributed by atoms with Gasteiger partial charge in [-0.05, 0) is 12.1 Å². The first kappa shape index (κ1) is 14.1. The van der Waals surface area contributed by atoms with Gasteiger partial charge in [0.25, 0.3) is 6.43 Å². The quantitative estimate of drug-likeness (QED) is 0.863. The van der Waals surface area contributed by atoms with E-state index in [1.807, 2.05) is 0 Å². The molecule has 2 rings (SSSR count). The van der Waals surface area contributed by atoms with Gasteiger partial charge in [-0.1, -0.05) is 11.6 Å². The number of alkyl halides is 2. The average molecular weight is 299 g/mol. The third kappa shape index (κ3) is 2.38. The van der Waals surface area contributed by atoms with E-state index in [1.165, 1.54) is 0 Å². The third-order valence-corrected chi connectivity index (χ3v) is 2.91. The van der Waals surface area contributed by atoms with Crippen molar-refractivity contribution >= 4 is 17.3 Å². The topological polar surface area (TPSA) is 75.6 Å². The number of hydrogen-bond donors (Lipinski definition) is 1. The van der Waals surface area contributed by atoms with Gasteiger partial charge in [-0.25, -0.2) is 23.1 Å². The Bertz CT molecular complexity index is 713. The molecule has 1 aromatic carbocycles. The summed E-state index contributed by atoms with van der Waals surface area (Å²) in [6.45, 7) is 0. The summed E-state index contributed by atoms with van der Waals surface area (Å²) < 4.78 is 39.3. The van der Waals surface area contributed by atoms with Crippen molar-refractivity contribution in [3.8, 4) is 17.3 Å². The van der Waals surface area contributed by atoms with Crippen LogP contribution < -0.4 is 5.73 Å². The monoisotopic (exact) mass is 298 g/mol. The van der Waals surface area contributed by atoms with E-state index < -0.39 is 23.0 Å². The molecule has 0 fully saturated rings. The van der Waals surface area contributed by atoms with Gasteiger partial charge in [0.05, 0.1) is 22.0 Å². The van der Waals surface area contributed by atoms with E-state index in [-0.39, 0.29) is 22.5 Å². The van der Waals surface area contributed by atoms with Crippen molar-refractivity contribution in [1.29, 1.82) is 5.26 Å². The highest BCUT2D eigenvalue weighted by molar-refractivity contribution is 6.33. The molecule has 0 spiro atoms. The normalized spacial score (nSPS) is 10.6. The Morgan fingerprint density at radius 2 is 2.00 bits per heavy atom. The fraction of sp³-hybridized carbons (Fsp3) is 0.0833. The van der Waals surface area contributed by atoms with Crippen LogP contribution in [-0.2, 0) is 0 Å². The number of anilines is 1. The Balaban J connectivity index is 2.67. The van der Waals surface area contributed by atoms with E-state index >= 15 is 0 Å². The maximum atomic E-state index is 13.9. The standard InChI is InChI=1S/C12H6ClF3N4/c13-9-10(19-4-20-11(9)12(15)16)6-2-8(18)5(3-17)1-7(6)14/h1-2,4,12H,18H2. The molecule has 2 aromatic rings. The zero-order valence-electron chi connectivity index (χ0n) is 9.74. The van der Waals surface area contributed by atoms with Crippen LogP contribution in [0.5, 0.6) is 0 Å². The van der Waals surface area contributed by atoms with Crippen LogP contribution in [0.25, 0.3) is 11.3 Å². The minimum Gasteiger partial charge on any atom is -0.398 e. The highest BCUT2D eigenvalue weighted by atomic mass is 35.5. The van der Waals surface area contributed by atoms with Crippen molar-refractivity contribution in [1.82, 2.24) is 9.97 Å². The molecule has 0 saturated heterocycles. The molecule has 0 atom stereocenters. The molecule has 0 amide bonds. The van der Waals surface area contributed by atoms with Crippen molar-refractivity contribution in [3.05, 3.63) is 40.6 Å². The van der Waals surface area contributed by atoms with Gasteiger partial charge in [0, 0.05) is 5.56 Å². The molecule has 0 aliphatic heterocycles. The highest BCUT2D eigenvalue weighted by Gasteiger charge is 2.21. The zero-order chi connectivity index (χ0) is 14.9. The van der Waals surface area contributed by atoms with Crippen molar-refractivity contribution in [3.63, 3.8) is 0 Å². The second kappa shape index (κ2) is 5.35. The van der Waals surface area contributed by atoms with Crippen LogP contribution in [0.2, 0.25) is 5.02 Å². The van der Waals surface area contributed by atoms with Crippen LogP contribution in [0.1, 0.15) is 17.7 Å². The van der Waals surface area contributed by atoms with Gasteiger partial charge in [0.2, 0.25) is 0 Å². The number of benzene rings is 1. The Labute approximate surface area is 116 Å². The molecule has 1 heterocycles. The van der Waals surface area contributed by atoms with E-state index in [4.69, 9.17) is 22.6 Å². The van der Waals surface area contributed by atoms with Gasteiger partial charge in [0.15, 0.2) is 0 Å². The first-order valence-corrected chi connectivity index (χ1v) is 5.61. The molecular weight excluding hydrogens is 293 g/mol. The number of nitrogens with zero attached hydrogens (tertiary/aromatic N) is 3. The first-order valence-electron chi connectivity index (χ1n) is 5.23. The minimum absolute atomic E-state index is 0.00261. The van der Waals surface area contributed by atoms with Crippen LogP contribution in [0.15, 0.2) is 18.5 Å². The van der Waals surface area contributed by atoms with Gasteiger partial charge in [-0.15, -0.1) is 0 Å². The Hall–Kier alpha value is -2.33. The molecule has 0 aliphatic rings. The molecule has 20 heavy (non-hydrogen) atoms. The molecule has 4 nitrogen and oxygen atoms in total. The van der Waals surface area contributed by atoms with Gasteiger partial charge in [0.1, 0.15) is 23.9 Å². The van der Waals surface area contributed by atoms with Gasteiger partial charge >= 0.3 is 0 Å². The van der Waals surface area contributed by atoms with Crippen molar-refractivity contribution in [2.45, 2.75) is 6.43 Å². The van der Waals surface area contributed by atoms with Gasteiger partial charge in [-0.3, -0.25) is 0 Å². The van der Waals surface area contributed by atoms with Crippen LogP contribution in [-0.4, -0.2) is 9.97 Å². The van der Waals surface area contributed by atoms with Gasteiger partial charge in [-0.2, -0.15) is 5.26 Å². The van der Waals surface area contributed by atoms with Crippen molar-refractivity contribution in [2.75, 3.05) is 5.73 Å². The number of nitrogens with two attached hydrogens (primary N) is 1. The van der Waals surface area contributed by atoms with E-state index in [0.29, 0.717) is 0 Å². The molecule has 0 unspecified atom stereocenters. The van der Waals surface area contributed by atoms with Crippen molar-refractivity contribution in [2.24, 2.45) is 0 Å². The second-order valence-corrected chi connectivity index (χ2v) is 4.13. The number of halogens is 4. The van der Waals surface area contributed by atoms with Crippen LogP contribution in [0, 0.1) is 17.1 Å². The first-order chi connectivity index (χ1) is 9.45. The SMILES string of the molecule is N#Cc1cc(F)c(-c2ncnc(C(F)F)c2Cl)cc1N. The van der Waals surface area contributed by atoms with Crippen LogP contribution in [0.4, 0.5) is 18.9 Å². The highest BCUT2D eigenvalue weighted by Crippen LogP contribution is 2.34. The predicted octanol–water partition coefficient (Wildman–Crippen LogP) is 3.33. The van der Waals surface area contributed by atoms with Crippen LogP contribution >= 0.6 is 11.6 Å². The lowest BCUT2D eigenvalue weighted by atomic mass is 10.1. The van der Waals surface area contributed by atoms with E-state index in [0.717, 1.165) is 18.5 Å². The molecule has 102 valence electrons. The smallest absolute Gasteiger partial charge is 0.281 e. The third-order valence-electron chi connectivity index (χ3n) is 2.54. The molecule has 8 heteroatoms.